The lowest BCUT2D eigenvalue weighted by atomic mass is 10.2. The van der Waals surface area contributed by atoms with Crippen LogP contribution in [0.25, 0.3) is 0 Å². The fraction of sp³-hybridized carbons (Fsp3) is 0.600. The van der Waals surface area contributed by atoms with Crippen LogP contribution in [-0.4, -0.2) is 17.1 Å². The molecule has 2 N–H and O–H groups in total. The highest BCUT2D eigenvalue weighted by atomic mass is 16.4. The van der Waals surface area contributed by atoms with E-state index in [1.54, 1.807) is 6.54 Å². The predicted octanol–water partition coefficient (Wildman–Crippen LogP) is -0.0152. The lowest BCUT2D eigenvalue weighted by Crippen LogP contribution is -2.28. The van der Waals surface area contributed by atoms with Crippen molar-refractivity contribution in [1.29, 1.82) is 0 Å². The SMILES string of the molecule is [2H]N1[CH]CCC1C(=O)O. The van der Waals surface area contributed by atoms with Crippen molar-refractivity contribution in [3.8, 4) is 0 Å². The molecule has 0 aliphatic carbocycles. The number of carbonyl (C=O) groups is 1. The van der Waals surface area contributed by atoms with Gasteiger partial charge in [-0.25, -0.2) is 0 Å². The van der Waals surface area contributed by atoms with Crippen molar-refractivity contribution in [3.63, 3.8) is 0 Å². The summed E-state index contributed by atoms with van der Waals surface area (Å²) in [5, 5.41) is 9.40. The quantitative estimate of drug-likeness (QED) is 0.505. The van der Waals surface area contributed by atoms with Gasteiger partial charge in [-0.2, -0.15) is 0 Å². The van der Waals surface area contributed by atoms with Gasteiger partial charge in [-0.1, -0.05) is 0 Å². The first kappa shape index (κ1) is 4.32. The van der Waals surface area contributed by atoms with Gasteiger partial charge in [-0.15, -0.1) is 0 Å². The Bertz CT molecular complexity index is 128. The van der Waals surface area contributed by atoms with Gasteiger partial charge in [-0.3, -0.25) is 4.79 Å². The molecule has 1 saturated heterocycles. The highest BCUT2D eigenvalue weighted by molar-refractivity contribution is 5.73. The third-order valence-corrected chi connectivity index (χ3v) is 1.14. The van der Waals surface area contributed by atoms with E-state index in [1.807, 2.05) is 0 Å². The third kappa shape index (κ3) is 0.980. The molecule has 0 bridgehead atoms. The Labute approximate surface area is 49.2 Å². The maximum atomic E-state index is 10.2. The minimum absolute atomic E-state index is 0.568. The standard InChI is InChI=1S/C5H8NO2/c7-5(8)4-2-1-3-6-4/h3-4,6H,1-2H2,(H,7,8)/i6D. The summed E-state index contributed by atoms with van der Waals surface area (Å²) in [4.78, 5) is 10.2. The van der Waals surface area contributed by atoms with Crippen LogP contribution in [0.3, 0.4) is 0 Å². The second-order valence-corrected chi connectivity index (χ2v) is 1.76. The highest BCUT2D eigenvalue weighted by Crippen LogP contribution is 2.07. The first-order valence-corrected chi connectivity index (χ1v) is 2.55. The molecule has 0 saturated carbocycles. The summed E-state index contributed by atoms with van der Waals surface area (Å²) >= 11 is 0. The van der Waals surface area contributed by atoms with Crippen molar-refractivity contribution in [3.05, 3.63) is 6.54 Å². The molecule has 0 spiro atoms. The van der Waals surface area contributed by atoms with Crippen LogP contribution in [0.1, 0.15) is 12.8 Å². The van der Waals surface area contributed by atoms with Crippen molar-refractivity contribution in [2.24, 2.45) is 0 Å². The van der Waals surface area contributed by atoms with Crippen LogP contribution in [-0.2, 0) is 4.79 Å². The van der Waals surface area contributed by atoms with Crippen molar-refractivity contribution < 1.29 is 11.3 Å². The molecule has 1 rings (SSSR count). The Morgan fingerprint density at radius 3 is 3.12 bits per heavy atom. The zero-order valence-corrected chi connectivity index (χ0v) is 4.37. The van der Waals surface area contributed by atoms with Crippen LogP contribution in [0.5, 0.6) is 0 Å². The molecule has 1 aliphatic rings. The number of hydrogen-bond acceptors (Lipinski definition) is 2. The minimum Gasteiger partial charge on any atom is -0.480 e. The Hall–Kier alpha value is -0.570. The largest absolute Gasteiger partial charge is 0.480 e. The summed E-state index contributed by atoms with van der Waals surface area (Å²) in [6.45, 7) is 1.58. The normalized spacial score (nSPS) is 32.5. The lowest BCUT2D eigenvalue weighted by molar-refractivity contribution is -0.138. The molecule has 1 fully saturated rings. The molecule has 1 heterocycles. The van der Waals surface area contributed by atoms with Gasteiger partial charge < -0.3 is 10.4 Å². The number of carboxylic acid groups (broad SMARTS) is 1. The van der Waals surface area contributed by atoms with Gasteiger partial charge in [0.25, 0.3) is 0 Å². The van der Waals surface area contributed by atoms with Gasteiger partial charge in [0.05, 0.1) is 0 Å². The van der Waals surface area contributed by atoms with E-state index in [-0.39, 0.29) is 0 Å². The van der Waals surface area contributed by atoms with E-state index in [1.165, 1.54) is 0 Å². The molecule has 1 unspecified atom stereocenters. The summed E-state index contributed by atoms with van der Waals surface area (Å²) in [6.07, 6.45) is 1.28. The van der Waals surface area contributed by atoms with E-state index in [0.717, 1.165) is 5.31 Å². The van der Waals surface area contributed by atoms with Crippen LogP contribution >= 0.6 is 0 Å². The van der Waals surface area contributed by atoms with Crippen LogP contribution in [0.15, 0.2) is 0 Å². The number of hydrogen-bond donors (Lipinski definition) is 2. The van der Waals surface area contributed by atoms with Crippen LogP contribution in [0.4, 0.5) is 0 Å². The zero-order valence-electron chi connectivity index (χ0n) is 5.37. The summed E-state index contributed by atoms with van der Waals surface area (Å²) < 4.78 is 7.02. The number of carboxylic acids is 1. The maximum absolute atomic E-state index is 10.2. The van der Waals surface area contributed by atoms with E-state index in [2.05, 4.69) is 0 Å². The topological polar surface area (TPSA) is 49.3 Å². The maximum Gasteiger partial charge on any atom is 0.320 e. The van der Waals surface area contributed by atoms with E-state index in [9.17, 15) is 4.79 Å². The smallest absolute Gasteiger partial charge is 0.320 e. The number of nitrogens with one attached hydrogen (secondary N) is 1. The molecule has 3 heteroatoms. The number of rotatable bonds is 1. The number of aliphatic carboxylic acids is 1. The van der Waals surface area contributed by atoms with E-state index in [4.69, 9.17) is 6.52 Å². The predicted molar refractivity (Wildman–Crippen MR) is 28.1 cm³/mol. The van der Waals surface area contributed by atoms with E-state index in [0.29, 0.717) is 12.8 Å². The van der Waals surface area contributed by atoms with Crippen molar-refractivity contribution >= 4 is 5.97 Å². The van der Waals surface area contributed by atoms with Gasteiger partial charge >= 0.3 is 5.97 Å². The van der Waals surface area contributed by atoms with Gasteiger partial charge in [0, 0.05) is 6.54 Å². The van der Waals surface area contributed by atoms with Crippen LogP contribution < -0.4 is 5.31 Å². The van der Waals surface area contributed by atoms with Crippen molar-refractivity contribution in [1.82, 2.24) is 5.31 Å². The van der Waals surface area contributed by atoms with Crippen molar-refractivity contribution in [2.45, 2.75) is 18.9 Å². The van der Waals surface area contributed by atoms with Gasteiger partial charge in [0.2, 0.25) is 0 Å². The molecule has 0 aromatic heterocycles. The van der Waals surface area contributed by atoms with Crippen LogP contribution in [0.2, 0.25) is 1.41 Å². The molecular formula is C5H8NO2. The van der Waals surface area contributed by atoms with Gasteiger partial charge in [-0.05, 0) is 12.8 Å². The van der Waals surface area contributed by atoms with Gasteiger partial charge in [0.15, 0.2) is 0 Å². The fourth-order valence-corrected chi connectivity index (χ4v) is 0.696. The molecule has 0 aromatic carbocycles. The molecule has 0 amide bonds. The third-order valence-electron chi connectivity index (χ3n) is 1.14. The van der Waals surface area contributed by atoms with Crippen LogP contribution in [0, 0.1) is 6.54 Å². The molecule has 0 aromatic rings. The molecular weight excluding hydrogens is 106 g/mol. The Morgan fingerprint density at radius 2 is 2.88 bits per heavy atom. The zero-order chi connectivity index (χ0) is 6.85. The second kappa shape index (κ2) is 2.13. The average molecular weight is 115 g/mol. The summed E-state index contributed by atoms with van der Waals surface area (Å²) in [7, 11) is 0. The molecule has 1 atom stereocenters. The molecule has 3 nitrogen and oxygen atoms in total. The molecule has 45 valence electrons. The Kier molecular flexibility index (Phi) is 1.15. The van der Waals surface area contributed by atoms with E-state index >= 15 is 0 Å². The first-order valence-electron chi connectivity index (χ1n) is 3.00. The highest BCUT2D eigenvalue weighted by Gasteiger charge is 2.20. The Morgan fingerprint density at radius 1 is 2.12 bits per heavy atom. The minimum atomic E-state index is -0.904. The molecule has 1 radical (unpaired) electrons. The fourth-order valence-electron chi connectivity index (χ4n) is 0.696. The molecule has 1 aliphatic heterocycles. The monoisotopic (exact) mass is 115 g/mol. The summed E-state index contributed by atoms with van der Waals surface area (Å²) in [5.74, 6) is -0.904. The molecule has 8 heavy (non-hydrogen) atoms. The van der Waals surface area contributed by atoms with E-state index < -0.39 is 12.0 Å². The average Bonchev–Trinajstić information content (AvgIpc) is 2.13. The lowest BCUT2D eigenvalue weighted by Gasteiger charge is -1.99. The van der Waals surface area contributed by atoms with Gasteiger partial charge in [0.1, 0.15) is 7.45 Å². The summed E-state index contributed by atoms with van der Waals surface area (Å²) in [6, 6.07) is -0.606. The second-order valence-electron chi connectivity index (χ2n) is 1.76. The Balaban J connectivity index is 2.49. The first-order chi connectivity index (χ1) is 4.22. The summed E-state index contributed by atoms with van der Waals surface area (Å²) in [5.41, 5.74) is 0. The van der Waals surface area contributed by atoms with Crippen molar-refractivity contribution in [2.75, 3.05) is 0 Å².